The molecule has 0 bridgehead atoms. The van der Waals surface area contributed by atoms with Gasteiger partial charge in [-0.2, -0.15) is 0 Å². The number of pyridine rings is 2. The van der Waals surface area contributed by atoms with Gasteiger partial charge in [-0.05, 0) is 30.2 Å². The maximum Gasteiger partial charge on any atom is 0.0990 e. The summed E-state index contributed by atoms with van der Waals surface area (Å²) in [4.78, 5) is 8.54. The fraction of sp³-hybridized carbons (Fsp3) is 0.231. The topological polar surface area (TPSA) is 25.8 Å². The molecule has 0 saturated carbocycles. The molecule has 75 valence electrons. The fourth-order valence-electron chi connectivity index (χ4n) is 1.35. The van der Waals surface area contributed by atoms with Gasteiger partial charge < -0.3 is 0 Å². The lowest BCUT2D eigenvalue weighted by Gasteiger charge is -2.04. The van der Waals surface area contributed by atoms with E-state index in [1.807, 2.05) is 30.3 Å². The monoisotopic (exact) mass is 197 g/mol. The smallest absolute Gasteiger partial charge is 0.0990 e. The van der Waals surface area contributed by atoms with Gasteiger partial charge in [0, 0.05) is 17.5 Å². The van der Waals surface area contributed by atoms with Crippen molar-refractivity contribution < 1.29 is 0 Å². The summed E-state index contributed by atoms with van der Waals surface area (Å²) in [7, 11) is 0. The third kappa shape index (κ3) is 2.21. The lowest BCUT2D eigenvalue weighted by atomic mass is 10.1. The standard InChI is InChI=1S/C13H13N2/c1-10(2)12-7-6-11(9-15-12)13-5-3-4-8-14-13/h3-8,10H,1-2H3. The van der Waals surface area contributed by atoms with Crippen molar-refractivity contribution in [1.29, 1.82) is 0 Å². The predicted molar refractivity (Wildman–Crippen MR) is 60.4 cm³/mol. The van der Waals surface area contributed by atoms with Crippen LogP contribution in [-0.4, -0.2) is 9.97 Å². The van der Waals surface area contributed by atoms with E-state index in [0.717, 1.165) is 17.0 Å². The van der Waals surface area contributed by atoms with E-state index in [0.29, 0.717) is 5.92 Å². The quantitative estimate of drug-likeness (QED) is 0.739. The zero-order chi connectivity index (χ0) is 10.7. The van der Waals surface area contributed by atoms with Gasteiger partial charge in [-0.15, -0.1) is 0 Å². The summed E-state index contributed by atoms with van der Waals surface area (Å²) < 4.78 is 0. The van der Waals surface area contributed by atoms with E-state index in [1.165, 1.54) is 0 Å². The first-order valence-corrected chi connectivity index (χ1v) is 5.07. The summed E-state index contributed by atoms with van der Waals surface area (Å²) in [5, 5.41) is 0. The molecule has 0 aliphatic rings. The molecule has 0 atom stereocenters. The van der Waals surface area contributed by atoms with Crippen molar-refractivity contribution in [3.8, 4) is 11.3 Å². The molecule has 0 fully saturated rings. The minimum Gasteiger partial charge on any atom is -0.256 e. The average molecular weight is 197 g/mol. The van der Waals surface area contributed by atoms with Crippen molar-refractivity contribution >= 4 is 0 Å². The molecular weight excluding hydrogens is 184 g/mol. The van der Waals surface area contributed by atoms with E-state index in [-0.39, 0.29) is 0 Å². The lowest BCUT2D eigenvalue weighted by Crippen LogP contribution is -1.92. The van der Waals surface area contributed by atoms with Crippen molar-refractivity contribution in [2.75, 3.05) is 0 Å². The molecule has 0 saturated heterocycles. The Morgan fingerprint density at radius 2 is 2.00 bits per heavy atom. The molecule has 2 aromatic rings. The van der Waals surface area contributed by atoms with Crippen LogP contribution >= 0.6 is 0 Å². The Hall–Kier alpha value is -1.70. The second-order valence-corrected chi connectivity index (χ2v) is 3.77. The van der Waals surface area contributed by atoms with Gasteiger partial charge in [-0.3, -0.25) is 9.97 Å². The highest BCUT2D eigenvalue weighted by Crippen LogP contribution is 2.17. The van der Waals surface area contributed by atoms with Gasteiger partial charge in [0.05, 0.1) is 11.9 Å². The molecule has 2 rings (SSSR count). The molecule has 0 N–H and O–H groups in total. The number of hydrogen-bond acceptors (Lipinski definition) is 2. The minimum absolute atomic E-state index is 0.444. The Morgan fingerprint density at radius 1 is 1.13 bits per heavy atom. The van der Waals surface area contributed by atoms with Crippen LogP contribution in [0.25, 0.3) is 11.3 Å². The van der Waals surface area contributed by atoms with Crippen LogP contribution in [0, 0.1) is 6.20 Å². The Labute approximate surface area is 90.0 Å². The average Bonchev–Trinajstić information content (AvgIpc) is 2.30. The van der Waals surface area contributed by atoms with Gasteiger partial charge in [-0.25, -0.2) is 0 Å². The Bertz CT molecular complexity index is 418. The molecule has 2 heterocycles. The van der Waals surface area contributed by atoms with E-state index in [4.69, 9.17) is 0 Å². The molecule has 1 radical (unpaired) electrons. The SMILES string of the molecule is CC(C)c1ccc(-c2ccccn2)[c]n1. The number of aromatic nitrogens is 2. The van der Waals surface area contributed by atoms with Crippen LogP contribution in [0.5, 0.6) is 0 Å². The summed E-state index contributed by atoms with van der Waals surface area (Å²) in [6.07, 6.45) is 4.80. The van der Waals surface area contributed by atoms with Crippen molar-refractivity contribution in [2.24, 2.45) is 0 Å². The highest BCUT2D eigenvalue weighted by Gasteiger charge is 2.02. The van der Waals surface area contributed by atoms with Gasteiger partial charge in [-0.1, -0.05) is 19.9 Å². The Morgan fingerprint density at radius 3 is 2.53 bits per heavy atom. The molecule has 0 aliphatic heterocycles. The van der Waals surface area contributed by atoms with Gasteiger partial charge in [0.25, 0.3) is 0 Å². The molecule has 0 aliphatic carbocycles. The molecule has 0 amide bonds. The third-order valence-corrected chi connectivity index (χ3v) is 2.26. The summed E-state index contributed by atoms with van der Waals surface area (Å²) in [5.74, 6) is 0.444. The van der Waals surface area contributed by atoms with Gasteiger partial charge >= 0.3 is 0 Å². The number of rotatable bonds is 2. The molecular formula is C13H13N2. The maximum absolute atomic E-state index is 4.29. The second kappa shape index (κ2) is 4.22. The molecule has 0 unspecified atom stereocenters. The van der Waals surface area contributed by atoms with Crippen molar-refractivity contribution in [3.05, 3.63) is 48.4 Å². The van der Waals surface area contributed by atoms with Crippen molar-refractivity contribution in [3.63, 3.8) is 0 Å². The highest BCUT2D eigenvalue weighted by molar-refractivity contribution is 5.56. The van der Waals surface area contributed by atoms with Gasteiger partial charge in [0.15, 0.2) is 0 Å². The summed E-state index contributed by atoms with van der Waals surface area (Å²) in [5.41, 5.74) is 2.93. The molecule has 2 heteroatoms. The van der Waals surface area contributed by atoms with E-state index in [1.54, 1.807) is 6.20 Å². The summed E-state index contributed by atoms with van der Waals surface area (Å²) in [6, 6.07) is 9.88. The molecule has 0 spiro atoms. The van der Waals surface area contributed by atoms with E-state index in [9.17, 15) is 0 Å². The van der Waals surface area contributed by atoms with Crippen LogP contribution in [-0.2, 0) is 0 Å². The normalized spacial score (nSPS) is 10.6. The van der Waals surface area contributed by atoms with Crippen LogP contribution in [0.3, 0.4) is 0 Å². The first-order valence-electron chi connectivity index (χ1n) is 5.07. The summed E-state index contributed by atoms with van der Waals surface area (Å²) >= 11 is 0. The predicted octanol–water partition coefficient (Wildman–Crippen LogP) is 3.07. The molecule has 0 aromatic carbocycles. The zero-order valence-electron chi connectivity index (χ0n) is 8.94. The second-order valence-electron chi connectivity index (χ2n) is 3.77. The summed E-state index contributed by atoms with van der Waals surface area (Å²) in [6.45, 7) is 4.24. The zero-order valence-corrected chi connectivity index (χ0v) is 8.94. The Kier molecular flexibility index (Phi) is 2.77. The van der Waals surface area contributed by atoms with E-state index < -0.39 is 0 Å². The van der Waals surface area contributed by atoms with Crippen LogP contribution in [0.4, 0.5) is 0 Å². The molecule has 2 aromatic heterocycles. The Balaban J connectivity index is 2.32. The van der Waals surface area contributed by atoms with Gasteiger partial charge in [0.1, 0.15) is 0 Å². The molecule has 15 heavy (non-hydrogen) atoms. The first-order chi connectivity index (χ1) is 7.27. The molecule has 2 nitrogen and oxygen atoms in total. The van der Waals surface area contributed by atoms with Crippen molar-refractivity contribution in [2.45, 2.75) is 19.8 Å². The minimum atomic E-state index is 0.444. The lowest BCUT2D eigenvalue weighted by molar-refractivity contribution is 0.822. The van der Waals surface area contributed by atoms with E-state index in [2.05, 4.69) is 30.0 Å². The van der Waals surface area contributed by atoms with Crippen molar-refractivity contribution in [1.82, 2.24) is 9.97 Å². The highest BCUT2D eigenvalue weighted by atomic mass is 14.7. The van der Waals surface area contributed by atoms with Crippen LogP contribution in [0.1, 0.15) is 25.5 Å². The van der Waals surface area contributed by atoms with E-state index >= 15 is 0 Å². The number of nitrogens with zero attached hydrogens (tertiary/aromatic N) is 2. The largest absolute Gasteiger partial charge is 0.256 e. The first kappa shape index (κ1) is 9.84. The maximum atomic E-state index is 4.29. The number of hydrogen-bond donors (Lipinski definition) is 0. The van der Waals surface area contributed by atoms with Crippen LogP contribution < -0.4 is 0 Å². The van der Waals surface area contributed by atoms with Crippen LogP contribution in [0.2, 0.25) is 0 Å². The van der Waals surface area contributed by atoms with Gasteiger partial charge in [0.2, 0.25) is 0 Å². The van der Waals surface area contributed by atoms with Crippen LogP contribution in [0.15, 0.2) is 36.5 Å². The third-order valence-electron chi connectivity index (χ3n) is 2.26. The fourth-order valence-corrected chi connectivity index (χ4v) is 1.35.